The first-order valence-electron chi connectivity index (χ1n) is 5.62. The van der Waals surface area contributed by atoms with Crippen LogP contribution in [0, 0.1) is 0 Å². The molecule has 0 spiro atoms. The number of rotatable bonds is 2. The van der Waals surface area contributed by atoms with Crippen molar-refractivity contribution in [3.63, 3.8) is 0 Å². The van der Waals surface area contributed by atoms with Crippen molar-refractivity contribution in [3.8, 4) is 5.75 Å². The Kier molecular flexibility index (Phi) is 2.96. The molecule has 1 aliphatic carbocycles. The van der Waals surface area contributed by atoms with Gasteiger partial charge in [-0.05, 0) is 37.4 Å². The number of ether oxygens (including phenoxy) is 1. The minimum Gasteiger partial charge on any atom is -0.496 e. The van der Waals surface area contributed by atoms with Gasteiger partial charge in [-0.25, -0.2) is 0 Å². The minimum atomic E-state index is 0.492. The maximum atomic E-state index is 5.45. The van der Waals surface area contributed by atoms with Gasteiger partial charge in [0.25, 0.3) is 0 Å². The lowest BCUT2D eigenvalue weighted by atomic mass is 9.80. The molecular formula is C13H19NO. The molecule has 0 amide bonds. The summed E-state index contributed by atoms with van der Waals surface area (Å²) in [6, 6.07) is 6.86. The van der Waals surface area contributed by atoms with E-state index in [1.54, 1.807) is 7.11 Å². The topological polar surface area (TPSA) is 21.3 Å². The van der Waals surface area contributed by atoms with E-state index in [9.17, 15) is 0 Å². The van der Waals surface area contributed by atoms with Gasteiger partial charge in [0.2, 0.25) is 0 Å². The van der Waals surface area contributed by atoms with E-state index in [1.165, 1.54) is 24.0 Å². The van der Waals surface area contributed by atoms with Gasteiger partial charge < -0.3 is 10.1 Å². The zero-order valence-electron chi connectivity index (χ0n) is 9.71. The second kappa shape index (κ2) is 4.23. The van der Waals surface area contributed by atoms with E-state index in [4.69, 9.17) is 4.74 Å². The Morgan fingerprint density at radius 1 is 1.33 bits per heavy atom. The zero-order valence-corrected chi connectivity index (χ0v) is 9.71. The fourth-order valence-corrected chi connectivity index (χ4v) is 2.59. The minimum absolute atomic E-state index is 0.492. The Labute approximate surface area is 91.6 Å². The number of nitrogens with one attached hydrogen (secondary N) is 1. The molecule has 2 heteroatoms. The Morgan fingerprint density at radius 2 is 2.13 bits per heavy atom. The molecule has 0 fully saturated rings. The van der Waals surface area contributed by atoms with E-state index < -0.39 is 0 Å². The molecule has 1 aromatic carbocycles. The highest BCUT2D eigenvalue weighted by Gasteiger charge is 2.26. The first-order valence-corrected chi connectivity index (χ1v) is 5.62. The molecule has 0 saturated heterocycles. The van der Waals surface area contributed by atoms with Crippen molar-refractivity contribution in [1.29, 1.82) is 0 Å². The van der Waals surface area contributed by atoms with Gasteiger partial charge >= 0.3 is 0 Å². The Hall–Kier alpha value is -1.02. The van der Waals surface area contributed by atoms with Crippen LogP contribution in [0.2, 0.25) is 0 Å². The van der Waals surface area contributed by atoms with Gasteiger partial charge in [0.05, 0.1) is 7.11 Å². The first kappa shape index (κ1) is 10.5. The average Bonchev–Trinajstić information content (AvgIpc) is 2.29. The van der Waals surface area contributed by atoms with Crippen LogP contribution in [0.5, 0.6) is 5.75 Å². The van der Waals surface area contributed by atoms with Gasteiger partial charge in [0, 0.05) is 11.6 Å². The molecule has 2 rings (SSSR count). The molecule has 82 valence electrons. The van der Waals surface area contributed by atoms with Crippen molar-refractivity contribution in [2.24, 2.45) is 0 Å². The smallest absolute Gasteiger partial charge is 0.122 e. The highest BCUT2D eigenvalue weighted by molar-refractivity contribution is 5.45. The van der Waals surface area contributed by atoms with Crippen molar-refractivity contribution in [1.82, 2.24) is 5.32 Å². The zero-order chi connectivity index (χ0) is 10.8. The lowest BCUT2D eigenvalue weighted by Crippen LogP contribution is -2.23. The fourth-order valence-electron chi connectivity index (χ4n) is 2.59. The van der Waals surface area contributed by atoms with Crippen LogP contribution in [-0.4, -0.2) is 14.2 Å². The summed E-state index contributed by atoms with van der Waals surface area (Å²) in [5, 5.41) is 3.38. The number of methoxy groups -OCH3 is 1. The summed E-state index contributed by atoms with van der Waals surface area (Å²) in [6.45, 7) is 2.28. The van der Waals surface area contributed by atoms with Crippen LogP contribution >= 0.6 is 0 Å². The summed E-state index contributed by atoms with van der Waals surface area (Å²) in [6.07, 6.45) is 2.46. The molecule has 2 nitrogen and oxygen atoms in total. The number of hydrogen-bond donors (Lipinski definition) is 1. The SMILES string of the molecule is CNC1CCC(C)c2c(OC)cccc21. The van der Waals surface area contributed by atoms with E-state index in [0.29, 0.717) is 12.0 Å². The first-order chi connectivity index (χ1) is 7.27. The van der Waals surface area contributed by atoms with Crippen LogP contribution in [0.3, 0.4) is 0 Å². The molecule has 0 bridgehead atoms. The molecule has 0 aliphatic heterocycles. The standard InChI is InChI=1S/C13H19NO/c1-9-7-8-11(14-2)10-5-4-6-12(15-3)13(9)10/h4-6,9,11,14H,7-8H2,1-3H3. The van der Waals surface area contributed by atoms with Crippen molar-refractivity contribution in [2.75, 3.05) is 14.2 Å². The molecule has 0 aromatic heterocycles. The molecule has 0 heterocycles. The lowest BCUT2D eigenvalue weighted by Gasteiger charge is -2.30. The van der Waals surface area contributed by atoms with E-state index in [0.717, 1.165) is 5.75 Å². The monoisotopic (exact) mass is 205 g/mol. The summed E-state index contributed by atoms with van der Waals surface area (Å²) in [5.74, 6) is 1.65. The van der Waals surface area contributed by atoms with Gasteiger partial charge in [-0.1, -0.05) is 19.1 Å². The molecule has 2 unspecified atom stereocenters. The largest absolute Gasteiger partial charge is 0.496 e. The summed E-state index contributed by atoms with van der Waals surface area (Å²) in [7, 11) is 3.79. The van der Waals surface area contributed by atoms with E-state index >= 15 is 0 Å². The molecule has 15 heavy (non-hydrogen) atoms. The highest BCUT2D eigenvalue weighted by Crippen LogP contribution is 2.41. The Morgan fingerprint density at radius 3 is 2.80 bits per heavy atom. The van der Waals surface area contributed by atoms with Gasteiger partial charge in [0.15, 0.2) is 0 Å². The Bertz CT molecular complexity index is 348. The van der Waals surface area contributed by atoms with Crippen LogP contribution < -0.4 is 10.1 Å². The quantitative estimate of drug-likeness (QED) is 0.801. The average molecular weight is 205 g/mol. The second-order valence-electron chi connectivity index (χ2n) is 4.28. The van der Waals surface area contributed by atoms with Crippen LogP contribution in [0.4, 0.5) is 0 Å². The van der Waals surface area contributed by atoms with Gasteiger partial charge in [-0.15, -0.1) is 0 Å². The molecule has 0 saturated carbocycles. The molecule has 1 aromatic rings. The van der Waals surface area contributed by atoms with Crippen LogP contribution in [-0.2, 0) is 0 Å². The number of fused-ring (bicyclic) bond motifs is 1. The number of benzene rings is 1. The number of hydrogen-bond acceptors (Lipinski definition) is 2. The summed E-state index contributed by atoms with van der Waals surface area (Å²) in [4.78, 5) is 0. The lowest BCUT2D eigenvalue weighted by molar-refractivity contribution is 0.388. The van der Waals surface area contributed by atoms with Crippen LogP contribution in [0.15, 0.2) is 18.2 Å². The summed E-state index contributed by atoms with van der Waals surface area (Å²) < 4.78 is 5.45. The van der Waals surface area contributed by atoms with Crippen LogP contribution in [0.1, 0.15) is 42.9 Å². The maximum Gasteiger partial charge on any atom is 0.122 e. The van der Waals surface area contributed by atoms with Crippen molar-refractivity contribution in [2.45, 2.75) is 31.7 Å². The normalized spacial score (nSPS) is 24.7. The molecule has 1 aliphatic rings. The van der Waals surface area contributed by atoms with Crippen molar-refractivity contribution in [3.05, 3.63) is 29.3 Å². The van der Waals surface area contributed by atoms with E-state index in [1.807, 2.05) is 7.05 Å². The second-order valence-corrected chi connectivity index (χ2v) is 4.28. The third-order valence-electron chi connectivity index (χ3n) is 3.42. The predicted molar refractivity (Wildman–Crippen MR) is 62.4 cm³/mol. The summed E-state index contributed by atoms with van der Waals surface area (Å²) >= 11 is 0. The third kappa shape index (κ3) is 1.74. The Balaban J connectivity index is 2.50. The van der Waals surface area contributed by atoms with Crippen molar-refractivity contribution >= 4 is 0 Å². The third-order valence-corrected chi connectivity index (χ3v) is 3.42. The molecule has 2 atom stereocenters. The van der Waals surface area contributed by atoms with Gasteiger partial charge in [-0.2, -0.15) is 0 Å². The van der Waals surface area contributed by atoms with Crippen molar-refractivity contribution < 1.29 is 4.74 Å². The fraction of sp³-hybridized carbons (Fsp3) is 0.538. The molecule has 1 N–H and O–H groups in total. The van der Waals surface area contributed by atoms with E-state index in [2.05, 4.69) is 30.4 Å². The van der Waals surface area contributed by atoms with E-state index in [-0.39, 0.29) is 0 Å². The van der Waals surface area contributed by atoms with Gasteiger partial charge in [-0.3, -0.25) is 0 Å². The molecule has 0 radical (unpaired) electrons. The summed E-state index contributed by atoms with van der Waals surface area (Å²) in [5.41, 5.74) is 2.81. The van der Waals surface area contributed by atoms with Gasteiger partial charge in [0.1, 0.15) is 5.75 Å². The maximum absolute atomic E-state index is 5.45. The highest BCUT2D eigenvalue weighted by atomic mass is 16.5. The predicted octanol–water partition coefficient (Wildman–Crippen LogP) is 2.85. The molecular weight excluding hydrogens is 186 g/mol. The van der Waals surface area contributed by atoms with Crippen LogP contribution in [0.25, 0.3) is 0 Å².